The molecule has 0 radical (unpaired) electrons. The summed E-state index contributed by atoms with van der Waals surface area (Å²) in [6.45, 7) is -2.84. The number of carbonyl (C=O) groups is 2. The molecule has 0 fully saturated rings. The van der Waals surface area contributed by atoms with Crippen LogP contribution >= 0.6 is 0 Å². The van der Waals surface area contributed by atoms with E-state index in [1.807, 2.05) is 0 Å². The third-order valence-corrected chi connectivity index (χ3v) is 3.14. The number of ether oxygens (including phenoxy) is 1. The predicted octanol–water partition coefficient (Wildman–Crippen LogP) is 0.898. The van der Waals surface area contributed by atoms with Crippen LogP contribution in [-0.2, 0) is 17.9 Å². The summed E-state index contributed by atoms with van der Waals surface area (Å²) in [7, 11) is 3.22. The smallest absolute Gasteiger partial charge is 0.387 e. The molecular formula is C15H17F2N5O3. The summed E-state index contributed by atoms with van der Waals surface area (Å²) in [4.78, 5) is 25.0. The second-order valence-corrected chi connectivity index (χ2v) is 5.30. The molecular weight excluding hydrogens is 336 g/mol. The van der Waals surface area contributed by atoms with Crippen molar-refractivity contribution in [1.29, 1.82) is 0 Å². The third kappa shape index (κ3) is 5.52. The first-order valence-electron chi connectivity index (χ1n) is 7.27. The first kappa shape index (κ1) is 18.3. The van der Waals surface area contributed by atoms with Gasteiger partial charge in [0.05, 0.1) is 6.20 Å². The summed E-state index contributed by atoms with van der Waals surface area (Å²) in [5.41, 5.74) is 0.633. The third-order valence-electron chi connectivity index (χ3n) is 3.14. The molecule has 0 unspecified atom stereocenters. The second-order valence-electron chi connectivity index (χ2n) is 5.30. The number of halogens is 2. The van der Waals surface area contributed by atoms with Crippen LogP contribution in [0.2, 0.25) is 0 Å². The molecule has 1 N–H and O–H groups in total. The van der Waals surface area contributed by atoms with Gasteiger partial charge in [-0.1, -0.05) is 17.3 Å². The lowest BCUT2D eigenvalue weighted by Gasteiger charge is -2.08. The molecule has 8 nitrogen and oxygen atoms in total. The minimum Gasteiger partial charge on any atom is -0.435 e. The van der Waals surface area contributed by atoms with Crippen molar-refractivity contribution in [2.45, 2.75) is 19.7 Å². The Morgan fingerprint density at radius 2 is 2.12 bits per heavy atom. The molecule has 1 heterocycles. The lowest BCUT2D eigenvalue weighted by molar-refractivity contribution is -0.129. The highest BCUT2D eigenvalue weighted by Gasteiger charge is 2.13. The number of carbonyl (C=O) groups excluding carboxylic acids is 2. The molecule has 0 spiro atoms. The average molecular weight is 353 g/mol. The van der Waals surface area contributed by atoms with E-state index in [1.54, 1.807) is 26.2 Å². The molecule has 0 saturated heterocycles. The summed E-state index contributed by atoms with van der Waals surface area (Å²) in [5, 5.41) is 10.0. The molecule has 0 aliphatic carbocycles. The second kappa shape index (κ2) is 8.18. The van der Waals surface area contributed by atoms with Gasteiger partial charge < -0.3 is 15.0 Å². The molecule has 2 aromatic rings. The van der Waals surface area contributed by atoms with E-state index < -0.39 is 12.5 Å². The monoisotopic (exact) mass is 353 g/mol. The summed E-state index contributed by atoms with van der Waals surface area (Å²) in [5.74, 6) is -0.675. The van der Waals surface area contributed by atoms with E-state index >= 15 is 0 Å². The number of aromatic nitrogens is 3. The van der Waals surface area contributed by atoms with Gasteiger partial charge in [0.2, 0.25) is 5.91 Å². The SMILES string of the molecule is CN(C)C(=O)Cn1cc(C(=O)NCc2cccc(OC(F)F)c2)nn1. The fourth-order valence-electron chi connectivity index (χ4n) is 1.86. The fourth-order valence-corrected chi connectivity index (χ4v) is 1.86. The molecule has 0 saturated carbocycles. The van der Waals surface area contributed by atoms with E-state index in [0.29, 0.717) is 5.56 Å². The van der Waals surface area contributed by atoms with Gasteiger partial charge in [-0.2, -0.15) is 8.78 Å². The van der Waals surface area contributed by atoms with Crippen LogP contribution in [0.25, 0.3) is 0 Å². The Morgan fingerprint density at radius 3 is 2.80 bits per heavy atom. The lowest BCUT2D eigenvalue weighted by atomic mass is 10.2. The molecule has 2 amide bonds. The zero-order chi connectivity index (χ0) is 18.4. The zero-order valence-electron chi connectivity index (χ0n) is 13.6. The maximum absolute atomic E-state index is 12.2. The summed E-state index contributed by atoms with van der Waals surface area (Å²) >= 11 is 0. The number of benzene rings is 1. The van der Waals surface area contributed by atoms with Crippen LogP contribution in [0.4, 0.5) is 8.78 Å². The van der Waals surface area contributed by atoms with Crippen LogP contribution in [0, 0.1) is 0 Å². The Morgan fingerprint density at radius 1 is 1.36 bits per heavy atom. The van der Waals surface area contributed by atoms with E-state index in [-0.39, 0.29) is 30.4 Å². The summed E-state index contributed by atoms with van der Waals surface area (Å²) in [6, 6.07) is 6.00. The van der Waals surface area contributed by atoms with Crippen molar-refractivity contribution in [3.63, 3.8) is 0 Å². The molecule has 25 heavy (non-hydrogen) atoms. The summed E-state index contributed by atoms with van der Waals surface area (Å²) in [6.07, 6.45) is 1.35. The number of alkyl halides is 2. The summed E-state index contributed by atoms with van der Waals surface area (Å²) < 4.78 is 29.9. The van der Waals surface area contributed by atoms with E-state index in [9.17, 15) is 18.4 Å². The standard InChI is InChI=1S/C15H17F2N5O3/c1-21(2)13(23)9-22-8-12(19-20-22)14(24)18-7-10-4-3-5-11(6-10)25-15(16)17/h3-6,8,15H,7,9H2,1-2H3,(H,18,24). The Kier molecular flexibility index (Phi) is 5.98. The lowest BCUT2D eigenvalue weighted by Crippen LogP contribution is -2.26. The largest absolute Gasteiger partial charge is 0.435 e. The van der Waals surface area contributed by atoms with Crippen molar-refractivity contribution in [3.05, 3.63) is 41.7 Å². The van der Waals surface area contributed by atoms with Gasteiger partial charge in [0, 0.05) is 20.6 Å². The van der Waals surface area contributed by atoms with Gasteiger partial charge in [-0.3, -0.25) is 9.59 Å². The normalized spacial score (nSPS) is 10.6. The van der Waals surface area contributed by atoms with Gasteiger partial charge in [-0.05, 0) is 17.7 Å². The quantitative estimate of drug-likeness (QED) is 0.799. The highest BCUT2D eigenvalue weighted by atomic mass is 19.3. The van der Waals surface area contributed by atoms with Crippen LogP contribution in [0.5, 0.6) is 5.75 Å². The maximum atomic E-state index is 12.2. The Labute approximate surface area is 142 Å². The van der Waals surface area contributed by atoms with Crippen molar-refractivity contribution in [2.75, 3.05) is 14.1 Å². The van der Waals surface area contributed by atoms with E-state index in [2.05, 4.69) is 20.4 Å². The first-order chi connectivity index (χ1) is 11.8. The molecule has 134 valence electrons. The molecule has 0 atom stereocenters. The number of nitrogens with one attached hydrogen (secondary N) is 1. The van der Waals surface area contributed by atoms with Crippen molar-refractivity contribution < 1.29 is 23.1 Å². The number of amides is 2. The van der Waals surface area contributed by atoms with Crippen LogP contribution in [0.1, 0.15) is 16.1 Å². The van der Waals surface area contributed by atoms with Crippen LogP contribution in [0.15, 0.2) is 30.5 Å². The zero-order valence-corrected chi connectivity index (χ0v) is 13.6. The fraction of sp³-hybridized carbons (Fsp3) is 0.333. The van der Waals surface area contributed by atoms with Gasteiger partial charge in [0.25, 0.3) is 5.91 Å². The van der Waals surface area contributed by atoms with Crippen LogP contribution in [0.3, 0.4) is 0 Å². The molecule has 0 aliphatic heterocycles. The first-order valence-corrected chi connectivity index (χ1v) is 7.27. The average Bonchev–Trinajstić information content (AvgIpc) is 3.01. The Balaban J connectivity index is 1.92. The minimum absolute atomic E-state index is 0.00916. The molecule has 0 bridgehead atoms. The highest BCUT2D eigenvalue weighted by Crippen LogP contribution is 2.15. The Hall–Kier alpha value is -3.04. The number of likely N-dealkylation sites (N-methyl/N-ethyl adjacent to an activating group) is 1. The van der Waals surface area contributed by atoms with Crippen molar-refractivity contribution in [2.24, 2.45) is 0 Å². The van der Waals surface area contributed by atoms with Crippen LogP contribution < -0.4 is 10.1 Å². The van der Waals surface area contributed by atoms with Crippen LogP contribution in [-0.4, -0.2) is 52.4 Å². The van der Waals surface area contributed by atoms with Gasteiger partial charge in [0.1, 0.15) is 12.3 Å². The van der Waals surface area contributed by atoms with Crippen molar-refractivity contribution >= 4 is 11.8 Å². The molecule has 0 aliphatic rings. The van der Waals surface area contributed by atoms with E-state index in [4.69, 9.17) is 0 Å². The van der Waals surface area contributed by atoms with E-state index in [0.717, 1.165) is 0 Å². The number of nitrogens with zero attached hydrogens (tertiary/aromatic N) is 4. The number of hydrogen-bond donors (Lipinski definition) is 1. The van der Waals surface area contributed by atoms with Gasteiger partial charge in [0.15, 0.2) is 5.69 Å². The molecule has 2 rings (SSSR count). The topological polar surface area (TPSA) is 89.4 Å². The van der Waals surface area contributed by atoms with Crippen molar-refractivity contribution in [3.8, 4) is 5.75 Å². The molecule has 1 aromatic heterocycles. The number of hydrogen-bond acceptors (Lipinski definition) is 5. The predicted molar refractivity (Wildman–Crippen MR) is 83.0 cm³/mol. The Bertz CT molecular complexity index is 748. The molecule has 1 aromatic carbocycles. The number of rotatable bonds is 7. The minimum atomic E-state index is -2.91. The highest BCUT2D eigenvalue weighted by molar-refractivity contribution is 5.91. The van der Waals surface area contributed by atoms with Gasteiger partial charge in [-0.25, -0.2) is 4.68 Å². The van der Waals surface area contributed by atoms with E-state index in [1.165, 1.54) is 27.9 Å². The molecule has 10 heteroatoms. The van der Waals surface area contributed by atoms with Crippen molar-refractivity contribution in [1.82, 2.24) is 25.2 Å². The van der Waals surface area contributed by atoms with Gasteiger partial charge >= 0.3 is 6.61 Å². The maximum Gasteiger partial charge on any atom is 0.387 e. The van der Waals surface area contributed by atoms with Gasteiger partial charge in [-0.15, -0.1) is 5.10 Å².